The van der Waals surface area contributed by atoms with E-state index >= 15 is 0 Å². The minimum absolute atomic E-state index is 0.0890. The van der Waals surface area contributed by atoms with Crippen LogP contribution in [0, 0.1) is 23.7 Å². The van der Waals surface area contributed by atoms with Gasteiger partial charge in [-0.2, -0.15) is 0 Å². The number of benzene rings is 6. The maximum Gasteiger partial charge on any atom is 0.0543 e. The molecule has 57 heavy (non-hydrogen) atoms. The number of nitrogens with zero attached hydrogens (tertiary/aromatic N) is 1. The van der Waals surface area contributed by atoms with Crippen molar-refractivity contribution in [1.29, 1.82) is 0 Å². The summed E-state index contributed by atoms with van der Waals surface area (Å²) in [6.45, 7) is 14.6. The monoisotopic (exact) mass is 741 g/mol. The first-order valence-electron chi connectivity index (χ1n) is 22.0. The zero-order valence-electron chi connectivity index (χ0n) is 34.6. The van der Waals surface area contributed by atoms with Gasteiger partial charge in [-0.15, -0.1) is 0 Å². The molecule has 5 unspecified atom stereocenters. The third kappa shape index (κ3) is 4.42. The van der Waals surface area contributed by atoms with Gasteiger partial charge in [0.15, 0.2) is 0 Å². The Morgan fingerprint density at radius 2 is 1.16 bits per heavy atom. The summed E-state index contributed by atoms with van der Waals surface area (Å²) in [7, 11) is 0. The van der Waals surface area contributed by atoms with Gasteiger partial charge in [0, 0.05) is 27.8 Å². The van der Waals surface area contributed by atoms with Gasteiger partial charge in [-0.25, -0.2) is 0 Å². The van der Waals surface area contributed by atoms with Crippen molar-refractivity contribution in [3.63, 3.8) is 0 Å². The Hall–Kier alpha value is -4.88. The molecule has 5 atom stereocenters. The smallest absolute Gasteiger partial charge is 0.0543 e. The third-order valence-electron chi connectivity index (χ3n) is 16.7. The van der Waals surface area contributed by atoms with Crippen molar-refractivity contribution in [2.24, 2.45) is 23.7 Å². The Morgan fingerprint density at radius 1 is 0.491 bits per heavy atom. The molecule has 0 radical (unpaired) electrons. The van der Waals surface area contributed by atoms with Gasteiger partial charge in [0.05, 0.1) is 5.69 Å². The van der Waals surface area contributed by atoms with Crippen molar-refractivity contribution >= 4 is 17.1 Å². The van der Waals surface area contributed by atoms with Crippen LogP contribution in [0.3, 0.4) is 0 Å². The van der Waals surface area contributed by atoms with Gasteiger partial charge in [0.25, 0.3) is 0 Å². The summed E-state index contributed by atoms with van der Waals surface area (Å²) in [5.74, 6) is 3.30. The average Bonchev–Trinajstić information content (AvgIpc) is 3.84. The van der Waals surface area contributed by atoms with Crippen LogP contribution in [0.2, 0.25) is 0 Å². The van der Waals surface area contributed by atoms with Crippen LogP contribution in [0.25, 0.3) is 33.4 Å². The van der Waals surface area contributed by atoms with Gasteiger partial charge in [0.2, 0.25) is 0 Å². The van der Waals surface area contributed by atoms with E-state index in [1.54, 1.807) is 11.1 Å². The summed E-state index contributed by atoms with van der Waals surface area (Å²) in [6, 6.07) is 50.1. The van der Waals surface area contributed by atoms with Gasteiger partial charge in [0.1, 0.15) is 0 Å². The first-order chi connectivity index (χ1) is 27.5. The van der Waals surface area contributed by atoms with Crippen LogP contribution in [0.4, 0.5) is 17.1 Å². The second-order valence-electron chi connectivity index (χ2n) is 20.8. The highest BCUT2D eigenvalue weighted by atomic mass is 15.1. The molecule has 0 N–H and O–H groups in total. The van der Waals surface area contributed by atoms with Crippen molar-refractivity contribution in [1.82, 2.24) is 0 Å². The van der Waals surface area contributed by atoms with Crippen LogP contribution in [0.1, 0.15) is 113 Å². The number of hydrogen-bond donors (Lipinski definition) is 0. The topological polar surface area (TPSA) is 3.24 Å². The first-order valence-corrected chi connectivity index (χ1v) is 22.0. The average molecular weight is 742 g/mol. The molecule has 6 aromatic rings. The predicted molar refractivity (Wildman–Crippen MR) is 238 cm³/mol. The Bertz CT molecular complexity index is 2670. The fourth-order valence-electron chi connectivity index (χ4n) is 14.2. The predicted octanol–water partition coefficient (Wildman–Crippen LogP) is 14.8. The van der Waals surface area contributed by atoms with Crippen molar-refractivity contribution < 1.29 is 0 Å². The van der Waals surface area contributed by atoms with Crippen molar-refractivity contribution in [3.8, 4) is 33.4 Å². The van der Waals surface area contributed by atoms with Crippen LogP contribution < -0.4 is 4.90 Å². The largest absolute Gasteiger partial charge is 0.310 e. The lowest BCUT2D eigenvalue weighted by molar-refractivity contribution is 0.191. The summed E-state index contributed by atoms with van der Waals surface area (Å²) in [4.78, 5) is 2.65. The standard InChI is InChI=1S/C56H55N/c1-53(2)26-27-54(3,4)52-40(18-12-22-47(52)53)35-14-11-15-38(32-35)57(39-24-25-42-41-16-7-9-19-44(41)55(5,6)49(42)33-39)50-23-13-21-46-51(50)43-17-8-10-20-45(43)56(46)37-29-34-28-36(31-37)48(56)30-34/h7-25,32-34,36-37,48H,26-31H2,1-6H3. The highest BCUT2D eigenvalue weighted by Crippen LogP contribution is 2.73. The van der Waals surface area contributed by atoms with Crippen LogP contribution in [0.5, 0.6) is 0 Å². The molecule has 4 bridgehead atoms. The molecule has 6 aromatic carbocycles. The van der Waals surface area contributed by atoms with E-state index in [9.17, 15) is 0 Å². The number of fused-ring (bicyclic) bond motifs is 7. The summed E-state index contributed by atoms with van der Waals surface area (Å²) in [5.41, 5.74) is 21.6. The van der Waals surface area contributed by atoms with Gasteiger partial charge in [-0.1, -0.05) is 139 Å². The Morgan fingerprint density at radius 3 is 2.00 bits per heavy atom. The molecule has 1 heteroatoms. The third-order valence-corrected chi connectivity index (χ3v) is 16.7. The number of anilines is 3. The maximum atomic E-state index is 2.65. The summed E-state index contributed by atoms with van der Waals surface area (Å²) in [6.07, 6.45) is 8.06. The Balaban J connectivity index is 1.10. The van der Waals surface area contributed by atoms with Gasteiger partial charge in [-0.3, -0.25) is 0 Å². The second-order valence-corrected chi connectivity index (χ2v) is 20.8. The lowest BCUT2D eigenvalue weighted by atomic mass is 9.59. The molecule has 284 valence electrons. The highest BCUT2D eigenvalue weighted by molar-refractivity contribution is 5.97. The normalized spacial score (nSPS) is 26.8. The van der Waals surface area contributed by atoms with Gasteiger partial charge < -0.3 is 4.90 Å². The molecule has 13 rings (SSSR count). The number of rotatable bonds is 4. The van der Waals surface area contributed by atoms with E-state index in [0.717, 1.165) is 23.7 Å². The molecule has 7 aliphatic carbocycles. The van der Waals surface area contributed by atoms with Crippen LogP contribution in [0.15, 0.2) is 127 Å². The molecule has 4 saturated carbocycles. The van der Waals surface area contributed by atoms with Crippen molar-refractivity contribution in [3.05, 3.63) is 161 Å². The summed E-state index contributed by atoms with van der Waals surface area (Å²) in [5, 5.41) is 0. The zero-order chi connectivity index (χ0) is 38.6. The van der Waals surface area contributed by atoms with Gasteiger partial charge >= 0.3 is 0 Å². The number of hydrogen-bond acceptors (Lipinski definition) is 1. The van der Waals surface area contributed by atoms with E-state index in [4.69, 9.17) is 0 Å². The van der Waals surface area contributed by atoms with E-state index in [1.807, 2.05) is 0 Å². The maximum absolute atomic E-state index is 2.65. The molecule has 1 nitrogen and oxygen atoms in total. The SMILES string of the molecule is CC1(C)CCC(C)(C)c2c(-c3cccc(N(c4ccc5c(c4)C(C)(C)c4ccccc4-5)c4cccc5c4-c4ccccc4C54C5CC6CC(C5)C4C6)c3)cccc21. The molecule has 0 amide bonds. The molecular weight excluding hydrogens is 687 g/mol. The molecule has 7 aliphatic rings. The van der Waals surface area contributed by atoms with E-state index in [2.05, 4.69) is 174 Å². The molecular formula is C56H55N. The lowest BCUT2D eigenvalue weighted by Gasteiger charge is -2.44. The lowest BCUT2D eigenvalue weighted by Crippen LogP contribution is -2.40. The minimum Gasteiger partial charge on any atom is -0.310 e. The van der Waals surface area contributed by atoms with Crippen LogP contribution >= 0.6 is 0 Å². The van der Waals surface area contributed by atoms with E-state index in [-0.39, 0.29) is 21.7 Å². The van der Waals surface area contributed by atoms with E-state index in [0.29, 0.717) is 0 Å². The second kappa shape index (κ2) is 11.4. The molecule has 0 saturated heterocycles. The molecule has 0 heterocycles. The molecule has 0 aromatic heterocycles. The summed E-state index contributed by atoms with van der Waals surface area (Å²) < 4.78 is 0. The van der Waals surface area contributed by atoms with E-state index < -0.39 is 0 Å². The minimum atomic E-state index is -0.0890. The highest BCUT2D eigenvalue weighted by Gasteiger charge is 2.66. The molecule has 1 spiro atoms. The zero-order valence-corrected chi connectivity index (χ0v) is 34.6. The Kier molecular flexibility index (Phi) is 6.84. The molecule has 4 fully saturated rings. The van der Waals surface area contributed by atoms with Gasteiger partial charge in [-0.05, 0) is 165 Å². The molecule has 0 aliphatic heterocycles. The summed E-state index contributed by atoms with van der Waals surface area (Å²) >= 11 is 0. The van der Waals surface area contributed by atoms with E-state index in [1.165, 1.54) is 111 Å². The van der Waals surface area contributed by atoms with Crippen molar-refractivity contribution in [2.45, 2.75) is 102 Å². The first kappa shape index (κ1) is 34.2. The quantitative estimate of drug-likeness (QED) is 0.174. The van der Waals surface area contributed by atoms with Crippen LogP contribution in [-0.4, -0.2) is 0 Å². The fraction of sp³-hybridized carbons (Fsp3) is 0.357. The van der Waals surface area contributed by atoms with Crippen molar-refractivity contribution in [2.75, 3.05) is 4.90 Å². The Labute approximate surface area is 340 Å². The fourth-order valence-corrected chi connectivity index (χ4v) is 14.2. The van der Waals surface area contributed by atoms with Crippen LogP contribution in [-0.2, 0) is 21.7 Å².